The Bertz CT molecular complexity index is 1870. The number of allylic oxidation sites excluding steroid dienone is 2. The molecule has 0 saturated heterocycles. The summed E-state index contributed by atoms with van der Waals surface area (Å²) in [6, 6.07) is 13.7. The average Bonchev–Trinajstić information content (AvgIpc) is 3.32. The normalized spacial score (nSPS) is 13.8. The molecule has 2 aromatic carbocycles. The number of sulfonamides is 1. The summed E-state index contributed by atoms with van der Waals surface area (Å²) in [7, 11) is -3.13. The molecular formula is C31H30N6O10S. The molecular weight excluding hydrogens is 648 g/mol. The number of nitriles is 3. The van der Waals surface area contributed by atoms with Gasteiger partial charge in [-0.1, -0.05) is 24.3 Å². The maximum Gasteiger partial charge on any atom is 0.296 e. The van der Waals surface area contributed by atoms with E-state index < -0.39 is 41.7 Å². The summed E-state index contributed by atoms with van der Waals surface area (Å²) in [5.74, 6) is -0.118. The van der Waals surface area contributed by atoms with Crippen molar-refractivity contribution in [1.29, 1.82) is 15.8 Å². The molecule has 0 aromatic heterocycles. The minimum absolute atomic E-state index is 0.0250. The highest BCUT2D eigenvalue weighted by atomic mass is 32.2. The Labute approximate surface area is 276 Å². The van der Waals surface area contributed by atoms with Gasteiger partial charge in [-0.2, -0.15) is 15.8 Å². The van der Waals surface area contributed by atoms with E-state index in [0.29, 0.717) is 30.4 Å². The van der Waals surface area contributed by atoms with E-state index in [0.717, 1.165) is 16.4 Å². The molecule has 17 heteroatoms. The number of nitro benzene ring substituents is 2. The van der Waals surface area contributed by atoms with Crippen LogP contribution < -0.4 is 4.31 Å². The van der Waals surface area contributed by atoms with Gasteiger partial charge in [0.15, 0.2) is 16.2 Å². The molecule has 1 aliphatic heterocycles. The minimum atomic E-state index is -4.66. The van der Waals surface area contributed by atoms with E-state index >= 15 is 0 Å². The number of hydrogen-bond donors (Lipinski definition) is 0. The maximum absolute atomic E-state index is 13.9. The second kappa shape index (κ2) is 16.3. The zero-order valence-electron chi connectivity index (χ0n) is 26.1. The van der Waals surface area contributed by atoms with Crippen molar-refractivity contribution in [2.24, 2.45) is 0 Å². The van der Waals surface area contributed by atoms with E-state index in [4.69, 9.17) is 18.9 Å². The zero-order chi connectivity index (χ0) is 35.5. The van der Waals surface area contributed by atoms with Crippen molar-refractivity contribution in [3.8, 4) is 18.2 Å². The van der Waals surface area contributed by atoms with Gasteiger partial charge in [-0.25, -0.2) is 8.42 Å². The Kier molecular flexibility index (Phi) is 12.5. The summed E-state index contributed by atoms with van der Waals surface area (Å²) in [4.78, 5) is 20.4. The SMILES string of the molecule is COCCOCCOCCN(c1ccc(C=CC2=C(C#N)C(=C(C#N)C#N)OC2(C)C)cc1)S(=O)(=O)c1ccc([N+](=O)[O-])cc1[N+](=O)[O-]. The lowest BCUT2D eigenvalue weighted by Crippen LogP contribution is -2.34. The third kappa shape index (κ3) is 8.58. The first-order valence-electron chi connectivity index (χ1n) is 14.1. The van der Waals surface area contributed by atoms with Crippen LogP contribution in [0.15, 0.2) is 75.9 Å². The zero-order valence-corrected chi connectivity index (χ0v) is 26.9. The minimum Gasteiger partial charge on any atom is -0.480 e. The maximum atomic E-state index is 13.9. The number of nitrogens with zero attached hydrogens (tertiary/aromatic N) is 6. The number of ether oxygens (including phenoxy) is 4. The first-order chi connectivity index (χ1) is 22.8. The van der Waals surface area contributed by atoms with Gasteiger partial charge in [-0.05, 0) is 37.6 Å². The van der Waals surface area contributed by atoms with Crippen molar-refractivity contribution < 1.29 is 37.2 Å². The van der Waals surface area contributed by atoms with Crippen molar-refractivity contribution in [3.05, 3.63) is 96.8 Å². The van der Waals surface area contributed by atoms with E-state index in [-0.39, 0.29) is 49.0 Å². The summed E-state index contributed by atoms with van der Waals surface area (Å²) >= 11 is 0. The molecule has 3 rings (SSSR count). The average molecular weight is 679 g/mol. The largest absolute Gasteiger partial charge is 0.480 e. The van der Waals surface area contributed by atoms with E-state index in [1.54, 1.807) is 50.3 Å². The summed E-state index contributed by atoms with van der Waals surface area (Å²) in [5, 5.41) is 51.3. The highest BCUT2D eigenvalue weighted by Gasteiger charge is 2.39. The highest BCUT2D eigenvalue weighted by molar-refractivity contribution is 7.93. The lowest BCUT2D eigenvalue weighted by molar-refractivity contribution is -0.396. The molecule has 0 radical (unpaired) electrons. The summed E-state index contributed by atoms with van der Waals surface area (Å²) in [6.45, 7) is 3.99. The number of rotatable bonds is 16. The lowest BCUT2D eigenvalue weighted by atomic mass is 9.94. The van der Waals surface area contributed by atoms with Gasteiger partial charge in [0, 0.05) is 18.7 Å². The molecule has 0 saturated carbocycles. The third-order valence-electron chi connectivity index (χ3n) is 6.85. The fourth-order valence-electron chi connectivity index (χ4n) is 4.51. The van der Waals surface area contributed by atoms with Gasteiger partial charge < -0.3 is 18.9 Å². The second-order valence-corrected chi connectivity index (χ2v) is 12.2. The van der Waals surface area contributed by atoms with Crippen molar-refractivity contribution in [2.75, 3.05) is 51.0 Å². The molecule has 0 bridgehead atoms. The number of non-ortho nitro benzene ring substituents is 1. The van der Waals surface area contributed by atoms with Crippen LogP contribution in [0.2, 0.25) is 0 Å². The van der Waals surface area contributed by atoms with Crippen LogP contribution in [0.25, 0.3) is 6.08 Å². The van der Waals surface area contributed by atoms with Crippen LogP contribution in [0, 0.1) is 54.2 Å². The van der Waals surface area contributed by atoms with Crippen LogP contribution in [0.5, 0.6) is 0 Å². The van der Waals surface area contributed by atoms with Crippen molar-refractivity contribution in [2.45, 2.75) is 24.3 Å². The number of benzene rings is 2. The van der Waals surface area contributed by atoms with Crippen LogP contribution in [0.3, 0.4) is 0 Å². The van der Waals surface area contributed by atoms with E-state index in [9.17, 15) is 44.4 Å². The molecule has 0 aliphatic carbocycles. The van der Waals surface area contributed by atoms with E-state index in [2.05, 4.69) is 0 Å². The predicted octanol–water partition coefficient (Wildman–Crippen LogP) is 4.32. The molecule has 2 aromatic rings. The number of nitro groups is 2. The van der Waals surface area contributed by atoms with Crippen LogP contribution in [0.1, 0.15) is 19.4 Å². The topological polar surface area (TPSA) is 232 Å². The molecule has 1 aliphatic rings. The Balaban J connectivity index is 1.97. The Morgan fingerprint density at radius 2 is 1.56 bits per heavy atom. The van der Waals surface area contributed by atoms with Gasteiger partial charge in [0.1, 0.15) is 29.4 Å². The monoisotopic (exact) mass is 678 g/mol. The predicted molar refractivity (Wildman–Crippen MR) is 169 cm³/mol. The third-order valence-corrected chi connectivity index (χ3v) is 8.72. The van der Waals surface area contributed by atoms with Crippen molar-refractivity contribution in [1.82, 2.24) is 0 Å². The van der Waals surface area contributed by atoms with Gasteiger partial charge in [-0.15, -0.1) is 0 Å². The smallest absolute Gasteiger partial charge is 0.296 e. The van der Waals surface area contributed by atoms with Gasteiger partial charge in [0.2, 0.25) is 0 Å². The fourth-order valence-corrected chi connectivity index (χ4v) is 6.10. The number of hydrogen-bond acceptors (Lipinski definition) is 13. The van der Waals surface area contributed by atoms with E-state index in [1.807, 2.05) is 6.07 Å². The molecule has 0 fully saturated rings. The van der Waals surface area contributed by atoms with Gasteiger partial charge in [0.05, 0.1) is 61.2 Å². The van der Waals surface area contributed by atoms with Crippen LogP contribution in [0.4, 0.5) is 17.1 Å². The molecule has 1 heterocycles. The Morgan fingerprint density at radius 1 is 0.938 bits per heavy atom. The molecule has 0 atom stereocenters. The molecule has 0 unspecified atom stereocenters. The fraction of sp³-hybridized carbons (Fsp3) is 0.323. The standard InChI is InChI=1S/C31H30N6O10S/c1-31(2)27(26(21-34)30(47-31)23(19-32)20-33)10-6-22-4-7-24(8-5-22)35(12-13-45-16-17-46-15-14-44-3)48(42,43)29-11-9-25(36(38)39)18-28(29)37(40)41/h4-11,18H,12-17H2,1-3H3. The van der Waals surface area contributed by atoms with Crippen molar-refractivity contribution in [3.63, 3.8) is 0 Å². The summed E-state index contributed by atoms with van der Waals surface area (Å²) < 4.78 is 50.2. The molecule has 0 amide bonds. The van der Waals surface area contributed by atoms with Crippen LogP contribution in [-0.4, -0.2) is 70.6 Å². The molecule has 0 spiro atoms. The first kappa shape index (κ1) is 36.8. The van der Waals surface area contributed by atoms with E-state index in [1.165, 1.54) is 19.2 Å². The molecule has 250 valence electrons. The first-order valence-corrected chi connectivity index (χ1v) is 15.5. The number of anilines is 1. The van der Waals surface area contributed by atoms with Gasteiger partial charge in [0.25, 0.3) is 21.4 Å². The molecule has 48 heavy (non-hydrogen) atoms. The summed E-state index contributed by atoms with van der Waals surface area (Å²) in [6.07, 6.45) is 3.21. The Hall–Kier alpha value is -5.64. The van der Waals surface area contributed by atoms with Crippen molar-refractivity contribution >= 4 is 33.2 Å². The second-order valence-electron chi connectivity index (χ2n) is 10.3. The molecule has 0 N–H and O–H groups in total. The molecule has 16 nitrogen and oxygen atoms in total. The Morgan fingerprint density at radius 3 is 2.12 bits per heavy atom. The van der Waals surface area contributed by atoms with Crippen LogP contribution in [-0.2, 0) is 29.0 Å². The van der Waals surface area contributed by atoms with Gasteiger partial charge in [-0.3, -0.25) is 24.5 Å². The lowest BCUT2D eigenvalue weighted by Gasteiger charge is -2.24. The highest BCUT2D eigenvalue weighted by Crippen LogP contribution is 2.40. The number of methoxy groups -OCH3 is 1. The van der Waals surface area contributed by atoms with Crippen LogP contribution >= 0.6 is 0 Å². The summed E-state index contributed by atoms with van der Waals surface area (Å²) in [5.41, 5.74) is -1.90. The van der Waals surface area contributed by atoms with Gasteiger partial charge >= 0.3 is 0 Å². The quantitative estimate of drug-likeness (QED) is 0.104.